The van der Waals surface area contributed by atoms with Crippen molar-refractivity contribution in [1.82, 2.24) is 0 Å². The molecule has 6 heteroatoms. The summed E-state index contributed by atoms with van der Waals surface area (Å²) in [6.07, 6.45) is 0.393. The average Bonchev–Trinajstić information content (AvgIpc) is 3.21. The van der Waals surface area contributed by atoms with Crippen molar-refractivity contribution in [3.63, 3.8) is 0 Å². The van der Waals surface area contributed by atoms with Gasteiger partial charge in [0.15, 0.2) is 0 Å². The summed E-state index contributed by atoms with van der Waals surface area (Å²) < 4.78 is 0. The molecule has 2 rings (SSSR count). The van der Waals surface area contributed by atoms with Crippen LogP contribution in [0.15, 0.2) is 24.3 Å². The third kappa shape index (κ3) is 3.81. The van der Waals surface area contributed by atoms with E-state index in [-0.39, 0.29) is 17.7 Å². The van der Waals surface area contributed by atoms with Crippen molar-refractivity contribution >= 4 is 29.2 Å². The lowest BCUT2D eigenvalue weighted by Gasteiger charge is -2.09. The highest BCUT2D eigenvalue weighted by atomic mass is 16.4. The topological polar surface area (TPSA) is 95.5 Å². The Morgan fingerprint density at radius 2 is 1.57 bits per heavy atom. The lowest BCUT2D eigenvalue weighted by atomic mass is 10.2. The van der Waals surface area contributed by atoms with Crippen LogP contribution in [-0.4, -0.2) is 22.9 Å². The quantitative estimate of drug-likeness (QED) is 0.772. The SMILES string of the molecule is CC(C)C(=O)Nc1ccc(NC(=O)C2CC2C(=O)O)cc1. The Morgan fingerprint density at radius 1 is 1.05 bits per heavy atom. The van der Waals surface area contributed by atoms with Gasteiger partial charge < -0.3 is 15.7 Å². The molecular weight excluding hydrogens is 272 g/mol. The highest BCUT2D eigenvalue weighted by Gasteiger charge is 2.48. The van der Waals surface area contributed by atoms with Gasteiger partial charge in [-0.1, -0.05) is 13.8 Å². The van der Waals surface area contributed by atoms with Crippen molar-refractivity contribution < 1.29 is 19.5 Å². The van der Waals surface area contributed by atoms with E-state index in [1.165, 1.54) is 0 Å². The maximum Gasteiger partial charge on any atom is 0.307 e. The molecule has 1 aliphatic carbocycles. The van der Waals surface area contributed by atoms with Crippen LogP contribution in [0.4, 0.5) is 11.4 Å². The van der Waals surface area contributed by atoms with Crippen molar-refractivity contribution in [3.05, 3.63) is 24.3 Å². The van der Waals surface area contributed by atoms with Crippen LogP contribution in [0.2, 0.25) is 0 Å². The van der Waals surface area contributed by atoms with Crippen molar-refractivity contribution in [1.29, 1.82) is 0 Å². The number of amides is 2. The minimum atomic E-state index is -0.929. The summed E-state index contributed by atoms with van der Waals surface area (Å²) in [7, 11) is 0. The van der Waals surface area contributed by atoms with Crippen LogP contribution in [0.5, 0.6) is 0 Å². The molecule has 1 aromatic carbocycles. The molecule has 1 aliphatic rings. The van der Waals surface area contributed by atoms with Crippen LogP contribution in [0, 0.1) is 17.8 Å². The highest BCUT2D eigenvalue weighted by Crippen LogP contribution is 2.39. The molecule has 1 fully saturated rings. The number of carbonyl (C=O) groups is 3. The molecule has 2 atom stereocenters. The van der Waals surface area contributed by atoms with Crippen LogP contribution in [0.25, 0.3) is 0 Å². The summed E-state index contributed by atoms with van der Waals surface area (Å²) in [6.45, 7) is 3.61. The molecule has 21 heavy (non-hydrogen) atoms. The number of hydrogen-bond acceptors (Lipinski definition) is 3. The van der Waals surface area contributed by atoms with E-state index in [2.05, 4.69) is 10.6 Å². The molecule has 0 aliphatic heterocycles. The molecule has 2 amide bonds. The summed E-state index contributed by atoms with van der Waals surface area (Å²) in [4.78, 5) is 34.0. The number of nitrogens with one attached hydrogen (secondary N) is 2. The van der Waals surface area contributed by atoms with E-state index in [4.69, 9.17) is 5.11 Å². The first kappa shape index (κ1) is 15.0. The van der Waals surface area contributed by atoms with Crippen LogP contribution in [0.3, 0.4) is 0 Å². The largest absolute Gasteiger partial charge is 0.481 e. The van der Waals surface area contributed by atoms with E-state index in [0.717, 1.165) is 0 Å². The molecule has 0 radical (unpaired) electrons. The first-order chi connectivity index (χ1) is 9.88. The van der Waals surface area contributed by atoms with Crippen LogP contribution in [0.1, 0.15) is 20.3 Å². The van der Waals surface area contributed by atoms with Gasteiger partial charge in [0.1, 0.15) is 0 Å². The van der Waals surface area contributed by atoms with Crippen LogP contribution < -0.4 is 10.6 Å². The zero-order valence-corrected chi connectivity index (χ0v) is 11.9. The zero-order chi connectivity index (χ0) is 15.6. The van der Waals surface area contributed by atoms with Gasteiger partial charge in [-0.3, -0.25) is 14.4 Å². The average molecular weight is 290 g/mol. The lowest BCUT2D eigenvalue weighted by molar-refractivity contribution is -0.139. The molecule has 0 aromatic heterocycles. The molecule has 0 heterocycles. The Hall–Kier alpha value is -2.37. The molecule has 0 bridgehead atoms. The number of carboxylic acids is 1. The van der Waals surface area contributed by atoms with E-state index in [1.807, 2.05) is 0 Å². The molecule has 3 N–H and O–H groups in total. The van der Waals surface area contributed by atoms with Crippen LogP contribution >= 0.6 is 0 Å². The second kappa shape index (κ2) is 5.95. The normalized spacial score (nSPS) is 20.0. The van der Waals surface area contributed by atoms with Gasteiger partial charge in [-0.2, -0.15) is 0 Å². The molecule has 1 saturated carbocycles. The minimum Gasteiger partial charge on any atom is -0.481 e. The summed E-state index contributed by atoms with van der Waals surface area (Å²) in [6, 6.07) is 6.73. The predicted molar refractivity (Wildman–Crippen MR) is 77.8 cm³/mol. The van der Waals surface area contributed by atoms with E-state index < -0.39 is 17.8 Å². The van der Waals surface area contributed by atoms with E-state index >= 15 is 0 Å². The van der Waals surface area contributed by atoms with E-state index in [0.29, 0.717) is 17.8 Å². The van der Waals surface area contributed by atoms with E-state index in [9.17, 15) is 14.4 Å². The van der Waals surface area contributed by atoms with Gasteiger partial charge in [0, 0.05) is 17.3 Å². The Kier molecular flexibility index (Phi) is 4.26. The summed E-state index contributed by atoms with van der Waals surface area (Å²) in [5.74, 6) is -2.39. The number of anilines is 2. The molecule has 2 unspecified atom stereocenters. The third-order valence-electron chi connectivity index (χ3n) is 3.39. The number of benzene rings is 1. The molecular formula is C15H18N2O4. The number of carbonyl (C=O) groups excluding carboxylic acids is 2. The maximum atomic E-state index is 11.8. The second-order valence-electron chi connectivity index (χ2n) is 5.50. The van der Waals surface area contributed by atoms with Gasteiger partial charge >= 0.3 is 5.97 Å². The fraction of sp³-hybridized carbons (Fsp3) is 0.400. The number of aliphatic carboxylic acids is 1. The zero-order valence-electron chi connectivity index (χ0n) is 11.9. The minimum absolute atomic E-state index is 0.0749. The summed E-state index contributed by atoms with van der Waals surface area (Å²) in [5.41, 5.74) is 1.24. The Balaban J connectivity index is 1.90. The molecule has 6 nitrogen and oxygen atoms in total. The maximum absolute atomic E-state index is 11.8. The fourth-order valence-corrected chi connectivity index (χ4v) is 1.92. The number of hydrogen-bond donors (Lipinski definition) is 3. The van der Waals surface area contributed by atoms with Crippen molar-refractivity contribution in [3.8, 4) is 0 Å². The highest BCUT2D eigenvalue weighted by molar-refractivity contribution is 5.98. The Labute approximate surface area is 122 Å². The van der Waals surface area contributed by atoms with Gasteiger partial charge in [0.05, 0.1) is 11.8 Å². The smallest absolute Gasteiger partial charge is 0.307 e. The summed E-state index contributed by atoms with van der Waals surface area (Å²) in [5, 5.41) is 14.2. The van der Waals surface area contributed by atoms with Gasteiger partial charge in [-0.15, -0.1) is 0 Å². The molecule has 1 aromatic rings. The predicted octanol–water partition coefficient (Wildman–Crippen LogP) is 1.94. The number of rotatable bonds is 5. The van der Waals surface area contributed by atoms with Crippen molar-refractivity contribution in [2.75, 3.05) is 10.6 Å². The van der Waals surface area contributed by atoms with Gasteiger partial charge in [0.2, 0.25) is 11.8 Å². The number of carboxylic acid groups (broad SMARTS) is 1. The van der Waals surface area contributed by atoms with Crippen LogP contribution in [-0.2, 0) is 14.4 Å². The molecule has 0 saturated heterocycles. The lowest BCUT2D eigenvalue weighted by Crippen LogP contribution is -2.18. The standard InChI is InChI=1S/C15H18N2O4/c1-8(2)13(18)16-9-3-5-10(6-4-9)17-14(19)11-7-12(11)15(20)21/h3-6,8,11-12H,7H2,1-2H3,(H,16,18)(H,17,19)(H,20,21). The summed E-state index contributed by atoms with van der Waals surface area (Å²) >= 11 is 0. The van der Waals surface area contributed by atoms with Gasteiger partial charge in [-0.25, -0.2) is 0 Å². The van der Waals surface area contributed by atoms with Gasteiger partial charge in [0.25, 0.3) is 0 Å². The fourth-order valence-electron chi connectivity index (χ4n) is 1.92. The first-order valence-electron chi connectivity index (χ1n) is 6.83. The molecule has 0 spiro atoms. The third-order valence-corrected chi connectivity index (χ3v) is 3.39. The van der Waals surface area contributed by atoms with Crippen molar-refractivity contribution in [2.45, 2.75) is 20.3 Å². The second-order valence-corrected chi connectivity index (χ2v) is 5.50. The Bertz CT molecular complexity index is 566. The van der Waals surface area contributed by atoms with Gasteiger partial charge in [-0.05, 0) is 30.7 Å². The molecule has 112 valence electrons. The monoisotopic (exact) mass is 290 g/mol. The van der Waals surface area contributed by atoms with E-state index in [1.54, 1.807) is 38.1 Å². The first-order valence-corrected chi connectivity index (χ1v) is 6.83. The Morgan fingerprint density at radius 3 is 2.00 bits per heavy atom. The van der Waals surface area contributed by atoms with Crippen molar-refractivity contribution in [2.24, 2.45) is 17.8 Å².